The average Bonchev–Trinajstić information content (AvgIpc) is 2.92. The minimum absolute atomic E-state index is 0.734. The highest BCUT2D eigenvalue weighted by Crippen LogP contribution is 2.21. The molecule has 0 aliphatic heterocycles. The summed E-state index contributed by atoms with van der Waals surface area (Å²) in [5.74, 6) is 0. The zero-order valence-electron chi connectivity index (χ0n) is 10.4. The smallest absolute Gasteiger partial charge is 0.182 e. The molecule has 0 saturated heterocycles. The zero-order valence-corrected chi connectivity index (χ0v) is 12.6. The summed E-state index contributed by atoms with van der Waals surface area (Å²) in [5.41, 5.74) is 1.35. The second-order valence-electron chi connectivity index (χ2n) is 4.78. The highest BCUT2D eigenvalue weighted by atomic mass is 127. The van der Waals surface area contributed by atoms with Crippen LogP contribution >= 0.6 is 22.6 Å². The number of aliphatic hydroxyl groups is 1. The Balaban J connectivity index is 2.14. The van der Waals surface area contributed by atoms with E-state index in [0.29, 0.717) is 0 Å². The minimum Gasteiger partial charge on any atom is -0.386 e. The molecule has 0 bridgehead atoms. The molecule has 0 radical (unpaired) electrons. The molecule has 3 heterocycles. The van der Waals surface area contributed by atoms with Crippen LogP contribution in [0.25, 0.3) is 11.3 Å². The van der Waals surface area contributed by atoms with Crippen molar-refractivity contribution in [2.75, 3.05) is 0 Å². The third kappa shape index (κ3) is 2.23. The van der Waals surface area contributed by atoms with Gasteiger partial charge in [-0.05, 0) is 42.5 Å². The van der Waals surface area contributed by atoms with Crippen molar-refractivity contribution in [3.63, 3.8) is 0 Å². The van der Waals surface area contributed by atoms with Gasteiger partial charge in [-0.2, -0.15) is 10.2 Å². The van der Waals surface area contributed by atoms with Crippen molar-refractivity contribution < 1.29 is 5.11 Å². The lowest BCUT2D eigenvalue weighted by molar-refractivity contribution is 0.0786. The van der Waals surface area contributed by atoms with Gasteiger partial charge in [-0.25, -0.2) is 14.2 Å². The Bertz CT molecular complexity index is 740. The Kier molecular flexibility index (Phi) is 2.82. The van der Waals surface area contributed by atoms with Crippen molar-refractivity contribution in [3.8, 4) is 5.69 Å². The van der Waals surface area contributed by atoms with Crippen molar-refractivity contribution in [2.45, 2.75) is 19.4 Å². The normalized spacial score (nSPS) is 12.2. The summed E-state index contributed by atoms with van der Waals surface area (Å²) >= 11 is 2.16. The van der Waals surface area contributed by atoms with Crippen LogP contribution in [-0.4, -0.2) is 29.5 Å². The van der Waals surface area contributed by atoms with Crippen molar-refractivity contribution in [1.82, 2.24) is 24.4 Å². The second-order valence-corrected chi connectivity index (χ2v) is 5.89. The Labute approximate surface area is 123 Å². The maximum Gasteiger partial charge on any atom is 0.182 e. The molecule has 7 heteroatoms. The highest BCUT2D eigenvalue weighted by molar-refractivity contribution is 14.1. The molecular formula is C12H12IN5O. The van der Waals surface area contributed by atoms with Crippen LogP contribution in [0.3, 0.4) is 0 Å². The molecule has 3 aromatic rings. The quantitative estimate of drug-likeness (QED) is 0.552. The number of hydrogen-bond acceptors (Lipinski definition) is 4. The first kappa shape index (κ1) is 12.5. The van der Waals surface area contributed by atoms with E-state index < -0.39 is 5.60 Å². The van der Waals surface area contributed by atoms with Crippen LogP contribution in [0.1, 0.15) is 19.4 Å². The van der Waals surface area contributed by atoms with E-state index in [0.717, 1.165) is 20.6 Å². The van der Waals surface area contributed by atoms with Gasteiger partial charge in [0.15, 0.2) is 5.65 Å². The molecule has 1 N–H and O–H groups in total. The fraction of sp³-hybridized carbons (Fsp3) is 0.250. The van der Waals surface area contributed by atoms with Gasteiger partial charge >= 0.3 is 0 Å². The highest BCUT2D eigenvalue weighted by Gasteiger charge is 2.19. The molecular weight excluding hydrogens is 357 g/mol. The Hall–Kier alpha value is -1.48. The largest absolute Gasteiger partial charge is 0.386 e. The van der Waals surface area contributed by atoms with Gasteiger partial charge in [0.25, 0.3) is 0 Å². The second kappa shape index (κ2) is 4.27. The van der Waals surface area contributed by atoms with Crippen LogP contribution in [0.15, 0.2) is 30.9 Å². The molecule has 3 rings (SSSR count). The number of hydrogen-bond donors (Lipinski definition) is 1. The number of halogens is 1. The van der Waals surface area contributed by atoms with Gasteiger partial charge in [0.2, 0.25) is 0 Å². The lowest BCUT2D eigenvalue weighted by atomic mass is 10.0. The van der Waals surface area contributed by atoms with Crippen molar-refractivity contribution in [1.29, 1.82) is 0 Å². The predicted octanol–water partition coefficient (Wildman–Crippen LogP) is 1.75. The summed E-state index contributed by atoms with van der Waals surface area (Å²) < 4.78 is 4.27. The fourth-order valence-electron chi connectivity index (χ4n) is 1.77. The van der Waals surface area contributed by atoms with Gasteiger partial charge in [-0.15, -0.1) is 0 Å². The van der Waals surface area contributed by atoms with E-state index >= 15 is 0 Å². The number of rotatable bonds is 2. The number of fused-ring (bicyclic) bond motifs is 1. The first-order chi connectivity index (χ1) is 8.95. The first-order valence-corrected chi connectivity index (χ1v) is 6.81. The Morgan fingerprint density at radius 1 is 1.26 bits per heavy atom. The predicted molar refractivity (Wildman–Crippen MR) is 78.1 cm³/mol. The van der Waals surface area contributed by atoms with Gasteiger partial charge in [0.05, 0.1) is 18.0 Å². The van der Waals surface area contributed by atoms with E-state index in [1.165, 1.54) is 0 Å². The molecule has 0 fully saturated rings. The average molecular weight is 369 g/mol. The van der Waals surface area contributed by atoms with Crippen LogP contribution < -0.4 is 0 Å². The van der Waals surface area contributed by atoms with Crippen molar-refractivity contribution in [3.05, 3.63) is 40.1 Å². The third-order valence-electron chi connectivity index (χ3n) is 2.85. The molecule has 0 saturated carbocycles. The summed E-state index contributed by atoms with van der Waals surface area (Å²) in [4.78, 5) is 4.45. The minimum atomic E-state index is -0.914. The molecule has 19 heavy (non-hydrogen) atoms. The van der Waals surface area contributed by atoms with E-state index in [-0.39, 0.29) is 0 Å². The molecule has 0 spiro atoms. The molecule has 6 nitrogen and oxygen atoms in total. The molecule has 0 unspecified atom stereocenters. The summed E-state index contributed by atoms with van der Waals surface area (Å²) in [6.45, 7) is 3.46. The molecule has 0 atom stereocenters. The van der Waals surface area contributed by atoms with E-state index in [9.17, 15) is 5.11 Å². The lowest BCUT2D eigenvalue weighted by Gasteiger charge is -2.13. The van der Waals surface area contributed by atoms with Crippen molar-refractivity contribution >= 4 is 28.2 Å². The van der Waals surface area contributed by atoms with Crippen LogP contribution in [0.5, 0.6) is 0 Å². The van der Waals surface area contributed by atoms with Crippen LogP contribution in [0.2, 0.25) is 0 Å². The Morgan fingerprint density at radius 2 is 2.05 bits per heavy atom. The number of aromatic nitrogens is 5. The van der Waals surface area contributed by atoms with Crippen LogP contribution in [0, 0.1) is 3.70 Å². The zero-order chi connectivity index (χ0) is 13.6. The molecule has 98 valence electrons. The summed E-state index contributed by atoms with van der Waals surface area (Å²) in [7, 11) is 0. The molecule has 0 aromatic carbocycles. The van der Waals surface area contributed by atoms with Gasteiger partial charge < -0.3 is 5.11 Å². The summed E-state index contributed by atoms with van der Waals surface area (Å²) in [5, 5.41) is 18.5. The van der Waals surface area contributed by atoms with Crippen LogP contribution in [-0.2, 0) is 5.60 Å². The van der Waals surface area contributed by atoms with E-state index in [2.05, 4.69) is 37.8 Å². The van der Waals surface area contributed by atoms with Crippen LogP contribution in [0.4, 0.5) is 0 Å². The molecule has 3 aromatic heterocycles. The van der Waals surface area contributed by atoms with Gasteiger partial charge in [-0.1, -0.05) is 0 Å². The fourth-order valence-corrected chi connectivity index (χ4v) is 2.16. The van der Waals surface area contributed by atoms with Crippen molar-refractivity contribution in [2.24, 2.45) is 0 Å². The van der Waals surface area contributed by atoms with E-state index in [1.54, 1.807) is 41.6 Å². The van der Waals surface area contributed by atoms with Gasteiger partial charge in [0, 0.05) is 18.0 Å². The van der Waals surface area contributed by atoms with E-state index in [1.807, 2.05) is 12.3 Å². The molecule has 0 aliphatic rings. The van der Waals surface area contributed by atoms with Gasteiger partial charge in [0.1, 0.15) is 9.39 Å². The third-order valence-corrected chi connectivity index (χ3v) is 3.45. The topological polar surface area (TPSA) is 68.2 Å². The maximum atomic E-state index is 9.97. The Morgan fingerprint density at radius 3 is 2.74 bits per heavy atom. The van der Waals surface area contributed by atoms with E-state index in [4.69, 9.17) is 0 Å². The monoisotopic (exact) mass is 369 g/mol. The molecule has 0 aliphatic carbocycles. The SMILES string of the molecule is CC(C)(O)c1cnn(-c2cnn3ccc(I)nc23)c1. The van der Waals surface area contributed by atoms with Gasteiger partial charge in [-0.3, -0.25) is 0 Å². The standard InChI is InChI=1S/C12H12IN5O/c1-12(2,19)8-5-14-18(7-8)9-6-15-17-4-3-10(13)16-11(9)17/h3-7,19H,1-2H3. The molecule has 0 amide bonds. The summed E-state index contributed by atoms with van der Waals surface area (Å²) in [6, 6.07) is 1.88. The maximum absolute atomic E-state index is 9.97. The lowest BCUT2D eigenvalue weighted by Crippen LogP contribution is -2.14. The first-order valence-electron chi connectivity index (χ1n) is 5.73. The number of nitrogens with zero attached hydrogens (tertiary/aromatic N) is 5. The summed E-state index contributed by atoms with van der Waals surface area (Å²) in [6.07, 6.45) is 7.00.